The fourth-order valence-electron chi connectivity index (χ4n) is 1.79. The van der Waals surface area contributed by atoms with E-state index in [1.54, 1.807) is 24.3 Å². The highest BCUT2D eigenvalue weighted by molar-refractivity contribution is 6.11. The molecule has 3 N–H and O–H groups in total. The molecule has 1 fully saturated rings. The molecule has 0 unspecified atom stereocenters. The van der Waals surface area contributed by atoms with Gasteiger partial charge in [0.15, 0.2) is 0 Å². The van der Waals surface area contributed by atoms with Gasteiger partial charge in [0, 0.05) is 18.3 Å². The van der Waals surface area contributed by atoms with Crippen LogP contribution in [0, 0.1) is 5.41 Å². The second-order valence-corrected chi connectivity index (χ2v) is 4.60. The Kier molecular flexibility index (Phi) is 3.25. The predicted molar refractivity (Wildman–Crippen MR) is 68.7 cm³/mol. The van der Waals surface area contributed by atoms with Crippen LogP contribution >= 0.6 is 0 Å². The molecule has 0 heterocycles. The Balaban J connectivity index is 2.09. The average molecular weight is 262 g/mol. The Labute approximate surface area is 109 Å². The van der Waals surface area contributed by atoms with Gasteiger partial charge in [-0.15, -0.1) is 0 Å². The first-order valence-corrected chi connectivity index (χ1v) is 5.86. The van der Waals surface area contributed by atoms with Gasteiger partial charge in [0.25, 0.3) is 0 Å². The van der Waals surface area contributed by atoms with Crippen LogP contribution in [0.15, 0.2) is 24.3 Å². The zero-order valence-electron chi connectivity index (χ0n) is 10.4. The van der Waals surface area contributed by atoms with Gasteiger partial charge in [-0.3, -0.25) is 14.4 Å². The fraction of sp³-hybridized carbons (Fsp3) is 0.308. The average Bonchev–Trinajstić information content (AvgIpc) is 3.09. The third-order valence-electron chi connectivity index (χ3n) is 3.03. The van der Waals surface area contributed by atoms with Crippen LogP contribution in [-0.4, -0.2) is 22.9 Å². The zero-order valence-corrected chi connectivity index (χ0v) is 10.4. The minimum Gasteiger partial charge on any atom is -0.480 e. The molecular formula is C13H14N2O4. The molecule has 19 heavy (non-hydrogen) atoms. The van der Waals surface area contributed by atoms with Crippen molar-refractivity contribution in [1.29, 1.82) is 0 Å². The topological polar surface area (TPSA) is 95.5 Å². The van der Waals surface area contributed by atoms with Crippen LogP contribution in [0.5, 0.6) is 0 Å². The molecule has 100 valence electrons. The number of benzene rings is 1. The van der Waals surface area contributed by atoms with Crippen molar-refractivity contribution < 1.29 is 19.5 Å². The van der Waals surface area contributed by atoms with Crippen LogP contribution in [0.4, 0.5) is 11.4 Å². The highest BCUT2D eigenvalue weighted by Crippen LogP contribution is 2.46. The summed E-state index contributed by atoms with van der Waals surface area (Å²) in [7, 11) is 0. The molecule has 6 nitrogen and oxygen atoms in total. The molecule has 0 atom stereocenters. The van der Waals surface area contributed by atoms with E-state index in [0.29, 0.717) is 24.2 Å². The maximum atomic E-state index is 11.9. The first-order chi connectivity index (χ1) is 8.94. The number of aliphatic carboxylic acids is 1. The molecule has 1 aliphatic rings. The van der Waals surface area contributed by atoms with Gasteiger partial charge in [0.05, 0.1) is 0 Å². The van der Waals surface area contributed by atoms with Crippen LogP contribution in [-0.2, 0) is 14.4 Å². The third kappa shape index (κ3) is 2.73. The Morgan fingerprint density at radius 2 is 1.74 bits per heavy atom. The van der Waals surface area contributed by atoms with Crippen LogP contribution in [0.1, 0.15) is 19.8 Å². The number of carbonyl (C=O) groups excluding carboxylic acids is 2. The van der Waals surface area contributed by atoms with E-state index in [2.05, 4.69) is 10.6 Å². The van der Waals surface area contributed by atoms with E-state index in [9.17, 15) is 14.4 Å². The van der Waals surface area contributed by atoms with Crippen LogP contribution in [0.3, 0.4) is 0 Å². The minimum atomic E-state index is -1.27. The maximum Gasteiger partial charge on any atom is 0.319 e. The lowest BCUT2D eigenvalue weighted by molar-refractivity contribution is -0.147. The molecule has 2 amide bonds. The summed E-state index contributed by atoms with van der Waals surface area (Å²) < 4.78 is 0. The lowest BCUT2D eigenvalue weighted by atomic mass is 10.1. The molecule has 0 saturated heterocycles. The number of anilines is 2. The first-order valence-electron chi connectivity index (χ1n) is 5.86. The molecule has 1 aliphatic carbocycles. The molecule has 0 spiro atoms. The van der Waals surface area contributed by atoms with Crippen molar-refractivity contribution in [2.24, 2.45) is 5.41 Å². The number of hydrogen-bond donors (Lipinski definition) is 3. The summed E-state index contributed by atoms with van der Waals surface area (Å²) in [6.07, 6.45) is 0.721. The molecule has 1 aromatic rings. The van der Waals surface area contributed by atoms with E-state index in [1.165, 1.54) is 6.92 Å². The fourth-order valence-corrected chi connectivity index (χ4v) is 1.79. The molecular weight excluding hydrogens is 248 g/mol. The SMILES string of the molecule is CC(=O)Nc1cccc(NC(=O)C2(C(=O)O)CC2)c1. The summed E-state index contributed by atoms with van der Waals surface area (Å²) in [6, 6.07) is 6.57. The largest absolute Gasteiger partial charge is 0.480 e. The minimum absolute atomic E-state index is 0.215. The van der Waals surface area contributed by atoms with E-state index in [4.69, 9.17) is 5.11 Å². The highest BCUT2D eigenvalue weighted by Gasteiger charge is 2.57. The second kappa shape index (κ2) is 4.72. The lowest BCUT2D eigenvalue weighted by Crippen LogP contribution is -2.31. The molecule has 6 heteroatoms. The van der Waals surface area contributed by atoms with Gasteiger partial charge in [-0.1, -0.05) is 6.07 Å². The molecule has 0 aliphatic heterocycles. The first kappa shape index (κ1) is 13.1. The van der Waals surface area contributed by atoms with Crippen LogP contribution in [0.2, 0.25) is 0 Å². The molecule has 0 aromatic heterocycles. The molecule has 0 bridgehead atoms. The van der Waals surface area contributed by atoms with Gasteiger partial charge in [0.2, 0.25) is 11.8 Å². The van der Waals surface area contributed by atoms with E-state index < -0.39 is 17.3 Å². The zero-order chi connectivity index (χ0) is 14.0. The van der Waals surface area contributed by atoms with E-state index in [0.717, 1.165) is 0 Å². The lowest BCUT2D eigenvalue weighted by Gasteiger charge is -2.11. The highest BCUT2D eigenvalue weighted by atomic mass is 16.4. The van der Waals surface area contributed by atoms with Crippen molar-refractivity contribution in [3.63, 3.8) is 0 Å². The monoisotopic (exact) mass is 262 g/mol. The normalized spacial score (nSPS) is 15.4. The van der Waals surface area contributed by atoms with Crippen molar-refractivity contribution in [3.8, 4) is 0 Å². The van der Waals surface area contributed by atoms with E-state index in [1.807, 2.05) is 0 Å². The van der Waals surface area contributed by atoms with Gasteiger partial charge in [-0.05, 0) is 31.0 Å². The van der Waals surface area contributed by atoms with Gasteiger partial charge >= 0.3 is 5.97 Å². The number of carboxylic acid groups (broad SMARTS) is 1. The summed E-state index contributed by atoms with van der Waals surface area (Å²) in [6.45, 7) is 1.38. The summed E-state index contributed by atoms with van der Waals surface area (Å²) in [5.74, 6) is -1.82. The van der Waals surface area contributed by atoms with Crippen molar-refractivity contribution in [3.05, 3.63) is 24.3 Å². The number of amides is 2. The Hall–Kier alpha value is -2.37. The van der Waals surface area contributed by atoms with Gasteiger partial charge in [-0.25, -0.2) is 0 Å². The molecule has 2 rings (SSSR count). The Morgan fingerprint density at radius 1 is 1.16 bits per heavy atom. The summed E-state index contributed by atoms with van der Waals surface area (Å²) in [5, 5.41) is 14.2. The summed E-state index contributed by atoms with van der Waals surface area (Å²) in [4.78, 5) is 33.8. The number of carboxylic acids is 1. The number of rotatable bonds is 4. The van der Waals surface area contributed by atoms with Crippen molar-refractivity contribution in [1.82, 2.24) is 0 Å². The maximum absolute atomic E-state index is 11.9. The smallest absolute Gasteiger partial charge is 0.319 e. The number of nitrogens with one attached hydrogen (secondary N) is 2. The second-order valence-electron chi connectivity index (χ2n) is 4.60. The molecule has 1 saturated carbocycles. The summed E-state index contributed by atoms with van der Waals surface area (Å²) in [5.41, 5.74) is -0.265. The van der Waals surface area contributed by atoms with Gasteiger partial charge < -0.3 is 15.7 Å². The van der Waals surface area contributed by atoms with Gasteiger partial charge in [-0.2, -0.15) is 0 Å². The van der Waals surface area contributed by atoms with Crippen LogP contribution < -0.4 is 10.6 Å². The Morgan fingerprint density at radius 3 is 2.21 bits per heavy atom. The number of hydrogen-bond acceptors (Lipinski definition) is 3. The van der Waals surface area contributed by atoms with Gasteiger partial charge in [0.1, 0.15) is 5.41 Å². The van der Waals surface area contributed by atoms with E-state index in [-0.39, 0.29) is 5.91 Å². The van der Waals surface area contributed by atoms with Crippen molar-refractivity contribution in [2.75, 3.05) is 10.6 Å². The molecule has 0 radical (unpaired) electrons. The van der Waals surface area contributed by atoms with E-state index >= 15 is 0 Å². The summed E-state index contributed by atoms with van der Waals surface area (Å²) >= 11 is 0. The standard InChI is InChI=1S/C13H14N2O4/c1-8(16)14-9-3-2-4-10(7-9)15-11(17)13(5-6-13)12(18)19/h2-4,7H,5-6H2,1H3,(H,14,16)(H,15,17)(H,18,19). The quantitative estimate of drug-likeness (QED) is 0.715. The van der Waals surface area contributed by atoms with Crippen molar-refractivity contribution >= 4 is 29.2 Å². The van der Waals surface area contributed by atoms with Crippen molar-refractivity contribution in [2.45, 2.75) is 19.8 Å². The number of carbonyl (C=O) groups is 3. The van der Waals surface area contributed by atoms with Crippen LogP contribution in [0.25, 0.3) is 0 Å². The Bertz CT molecular complexity index is 549. The third-order valence-corrected chi connectivity index (χ3v) is 3.03. The predicted octanol–water partition coefficient (Wildman–Crippen LogP) is 1.45. The molecule has 1 aromatic carbocycles.